The average molecular weight is 331 g/mol. The van der Waals surface area contributed by atoms with Crippen LogP contribution in [0.3, 0.4) is 0 Å². The molecule has 3 rings (SSSR count). The van der Waals surface area contributed by atoms with Gasteiger partial charge in [-0.3, -0.25) is 0 Å². The first-order valence-corrected chi connectivity index (χ1v) is 7.54. The number of phenols is 1. The molecule has 102 valence electrons. The summed E-state index contributed by atoms with van der Waals surface area (Å²) in [4.78, 5) is 0. The normalized spacial score (nSPS) is 14.4. The first kappa shape index (κ1) is 13.3. The van der Waals surface area contributed by atoms with Crippen molar-refractivity contribution >= 4 is 27.3 Å². The van der Waals surface area contributed by atoms with Gasteiger partial charge in [-0.05, 0) is 73.2 Å². The fourth-order valence-electron chi connectivity index (χ4n) is 2.54. The lowest BCUT2D eigenvalue weighted by molar-refractivity contribution is 0.462. The lowest BCUT2D eigenvalue weighted by Crippen LogP contribution is -2.02. The van der Waals surface area contributed by atoms with E-state index in [-0.39, 0.29) is 0 Å². The molecule has 0 aromatic heterocycles. The molecule has 1 N–H and O–H groups in total. The molecule has 0 unspecified atom stereocenters. The van der Waals surface area contributed by atoms with E-state index in [9.17, 15) is 5.11 Å². The minimum Gasteiger partial charge on any atom is -0.508 e. The topological polar surface area (TPSA) is 45.0 Å². The smallest absolute Gasteiger partial charge is 0.119 e. The third-order valence-corrected chi connectivity index (χ3v) is 4.11. The molecule has 1 aliphatic carbocycles. The highest BCUT2D eigenvalue weighted by Crippen LogP contribution is 2.36. The van der Waals surface area contributed by atoms with Crippen molar-refractivity contribution in [3.05, 3.63) is 52.0 Å². The number of azo groups is 1. The SMILES string of the molecule is Oc1ccc(N=Nc2ccc(Br)cc2)c2c1CCCC2. The van der Waals surface area contributed by atoms with E-state index in [0.29, 0.717) is 5.75 Å². The standard InChI is InChI=1S/C16H15BrN2O/c17-11-5-7-12(8-6-11)18-19-15-9-10-16(20)14-4-2-1-3-13(14)15/h5-10,20H,1-4H2. The molecule has 3 nitrogen and oxygen atoms in total. The molecule has 2 aromatic rings. The quantitative estimate of drug-likeness (QED) is 0.731. The van der Waals surface area contributed by atoms with Crippen LogP contribution in [0, 0.1) is 0 Å². The maximum atomic E-state index is 9.92. The summed E-state index contributed by atoms with van der Waals surface area (Å²) >= 11 is 3.40. The molecule has 0 bridgehead atoms. The van der Waals surface area contributed by atoms with Gasteiger partial charge in [0.2, 0.25) is 0 Å². The van der Waals surface area contributed by atoms with Crippen LogP contribution >= 0.6 is 15.9 Å². The summed E-state index contributed by atoms with van der Waals surface area (Å²) in [5, 5.41) is 18.6. The van der Waals surface area contributed by atoms with E-state index < -0.39 is 0 Å². The molecule has 0 saturated heterocycles. The van der Waals surface area contributed by atoms with Gasteiger partial charge in [-0.15, -0.1) is 0 Å². The van der Waals surface area contributed by atoms with Crippen LogP contribution in [0.25, 0.3) is 0 Å². The van der Waals surface area contributed by atoms with E-state index in [0.717, 1.165) is 52.7 Å². The molecular weight excluding hydrogens is 316 g/mol. The number of halogens is 1. The van der Waals surface area contributed by atoms with E-state index in [4.69, 9.17) is 0 Å². The van der Waals surface area contributed by atoms with Crippen molar-refractivity contribution in [3.63, 3.8) is 0 Å². The van der Waals surface area contributed by atoms with Crippen molar-refractivity contribution in [2.45, 2.75) is 25.7 Å². The summed E-state index contributed by atoms with van der Waals surface area (Å²) in [6.07, 6.45) is 4.19. The Kier molecular flexibility index (Phi) is 3.83. The molecule has 0 aliphatic heterocycles. The van der Waals surface area contributed by atoms with Crippen molar-refractivity contribution in [2.24, 2.45) is 10.2 Å². The molecule has 0 fully saturated rings. The van der Waals surface area contributed by atoms with E-state index in [1.165, 1.54) is 0 Å². The Balaban J connectivity index is 1.93. The van der Waals surface area contributed by atoms with E-state index in [1.54, 1.807) is 6.07 Å². The molecule has 4 heteroatoms. The van der Waals surface area contributed by atoms with Crippen LogP contribution in [0.5, 0.6) is 5.75 Å². The summed E-state index contributed by atoms with van der Waals surface area (Å²) in [5.74, 6) is 0.391. The summed E-state index contributed by atoms with van der Waals surface area (Å²) in [5.41, 5.74) is 3.90. The number of hydrogen-bond donors (Lipinski definition) is 1. The van der Waals surface area contributed by atoms with Crippen LogP contribution in [-0.4, -0.2) is 5.11 Å². The minimum atomic E-state index is 0.391. The van der Waals surface area contributed by atoms with Gasteiger partial charge in [0, 0.05) is 4.47 Å². The van der Waals surface area contributed by atoms with Gasteiger partial charge < -0.3 is 5.11 Å². The lowest BCUT2D eigenvalue weighted by Gasteiger charge is -2.18. The zero-order chi connectivity index (χ0) is 13.9. The molecule has 0 radical (unpaired) electrons. The number of hydrogen-bond acceptors (Lipinski definition) is 3. The molecule has 0 saturated carbocycles. The number of rotatable bonds is 2. The largest absolute Gasteiger partial charge is 0.508 e. The maximum absolute atomic E-state index is 9.92. The molecule has 0 amide bonds. The van der Waals surface area contributed by atoms with Gasteiger partial charge in [0.05, 0.1) is 11.4 Å². The number of benzene rings is 2. The maximum Gasteiger partial charge on any atom is 0.119 e. The predicted molar refractivity (Wildman–Crippen MR) is 83.1 cm³/mol. The van der Waals surface area contributed by atoms with Crippen molar-refractivity contribution in [3.8, 4) is 5.75 Å². The first-order valence-electron chi connectivity index (χ1n) is 6.75. The Morgan fingerprint density at radius 2 is 1.55 bits per heavy atom. The fraction of sp³-hybridized carbons (Fsp3) is 0.250. The van der Waals surface area contributed by atoms with Crippen molar-refractivity contribution in [2.75, 3.05) is 0 Å². The molecule has 0 heterocycles. The lowest BCUT2D eigenvalue weighted by atomic mass is 9.90. The Bertz CT molecular complexity index is 650. The average Bonchev–Trinajstić information content (AvgIpc) is 2.49. The molecule has 0 atom stereocenters. The highest BCUT2D eigenvalue weighted by molar-refractivity contribution is 9.10. The summed E-state index contributed by atoms with van der Waals surface area (Å²) < 4.78 is 1.03. The molecular formula is C16H15BrN2O. The number of phenolic OH excluding ortho intramolecular Hbond substituents is 1. The second-order valence-electron chi connectivity index (χ2n) is 4.94. The van der Waals surface area contributed by atoms with E-state index >= 15 is 0 Å². The number of aromatic hydroxyl groups is 1. The van der Waals surface area contributed by atoms with Gasteiger partial charge >= 0.3 is 0 Å². The Morgan fingerprint density at radius 1 is 0.850 bits per heavy atom. The molecule has 20 heavy (non-hydrogen) atoms. The zero-order valence-corrected chi connectivity index (χ0v) is 12.6. The first-order chi connectivity index (χ1) is 9.74. The van der Waals surface area contributed by atoms with Gasteiger partial charge in [0.1, 0.15) is 5.75 Å². The van der Waals surface area contributed by atoms with E-state index in [1.807, 2.05) is 30.3 Å². The molecule has 2 aromatic carbocycles. The number of fused-ring (bicyclic) bond motifs is 1. The number of nitrogens with zero attached hydrogens (tertiary/aromatic N) is 2. The van der Waals surface area contributed by atoms with Crippen molar-refractivity contribution < 1.29 is 5.11 Å². The second-order valence-corrected chi connectivity index (χ2v) is 5.86. The van der Waals surface area contributed by atoms with Crippen LogP contribution in [-0.2, 0) is 12.8 Å². The van der Waals surface area contributed by atoms with Crippen molar-refractivity contribution in [1.82, 2.24) is 0 Å². The van der Waals surface area contributed by atoms with Crippen molar-refractivity contribution in [1.29, 1.82) is 0 Å². The molecule has 1 aliphatic rings. The minimum absolute atomic E-state index is 0.391. The van der Waals surface area contributed by atoms with Crippen LogP contribution in [0.15, 0.2) is 51.1 Å². The van der Waals surface area contributed by atoms with Crippen LogP contribution < -0.4 is 0 Å². The highest BCUT2D eigenvalue weighted by Gasteiger charge is 2.16. The Labute approximate surface area is 126 Å². The summed E-state index contributed by atoms with van der Waals surface area (Å²) in [6, 6.07) is 11.3. The van der Waals surface area contributed by atoms with Crippen LogP contribution in [0.4, 0.5) is 11.4 Å². The Morgan fingerprint density at radius 3 is 2.30 bits per heavy atom. The van der Waals surface area contributed by atoms with Gasteiger partial charge in [-0.1, -0.05) is 15.9 Å². The third-order valence-electron chi connectivity index (χ3n) is 3.59. The fourth-order valence-corrected chi connectivity index (χ4v) is 2.81. The third kappa shape index (κ3) is 2.75. The van der Waals surface area contributed by atoms with Crippen LogP contribution in [0.2, 0.25) is 0 Å². The summed E-state index contributed by atoms with van der Waals surface area (Å²) in [7, 11) is 0. The second kappa shape index (κ2) is 5.75. The molecule has 0 spiro atoms. The van der Waals surface area contributed by atoms with Gasteiger partial charge in [0.25, 0.3) is 0 Å². The summed E-state index contributed by atoms with van der Waals surface area (Å²) in [6.45, 7) is 0. The predicted octanol–water partition coefficient (Wildman–Crippen LogP) is 5.45. The van der Waals surface area contributed by atoms with E-state index in [2.05, 4.69) is 26.2 Å². The Hall–Kier alpha value is -1.68. The monoisotopic (exact) mass is 330 g/mol. The van der Waals surface area contributed by atoms with Crippen LogP contribution in [0.1, 0.15) is 24.0 Å². The van der Waals surface area contributed by atoms with Gasteiger partial charge in [-0.2, -0.15) is 10.2 Å². The van der Waals surface area contributed by atoms with Gasteiger partial charge in [-0.25, -0.2) is 0 Å². The van der Waals surface area contributed by atoms with Gasteiger partial charge in [0.15, 0.2) is 0 Å². The highest BCUT2D eigenvalue weighted by atomic mass is 79.9. The zero-order valence-electron chi connectivity index (χ0n) is 11.0.